The molecular weight excluding hydrogens is 542 g/mol. The Bertz CT molecular complexity index is 1080. The fourth-order valence-electron chi connectivity index (χ4n) is 2.62. The summed E-state index contributed by atoms with van der Waals surface area (Å²) < 4.78 is 16.0. The van der Waals surface area contributed by atoms with Crippen molar-refractivity contribution >= 4 is 52.2 Å². The van der Waals surface area contributed by atoms with Gasteiger partial charge in [0.05, 0.1) is 18.0 Å². The maximum atomic E-state index is 12.9. The standard InChI is InChI=1S/C22H22FIN6OS/c1-3-12-30-20(14-25-19-10-8-18(24)9-11-19)27-29-22(30)32-15(2)21(31)28-26-13-16-4-6-17(23)7-5-16/h3-11,13,15,25H,1,12,14H2,2H3,(H,28,31)/t15-/m1/s1. The van der Waals surface area contributed by atoms with Crippen LogP contribution in [0.3, 0.4) is 0 Å². The summed E-state index contributed by atoms with van der Waals surface area (Å²) in [4.78, 5) is 12.4. The maximum absolute atomic E-state index is 12.9. The second-order valence-corrected chi connectivity index (χ2v) is 9.26. The van der Waals surface area contributed by atoms with Crippen molar-refractivity contribution in [2.45, 2.75) is 30.4 Å². The smallest absolute Gasteiger partial charge is 0.253 e. The number of amides is 1. The summed E-state index contributed by atoms with van der Waals surface area (Å²) in [6.07, 6.45) is 3.23. The van der Waals surface area contributed by atoms with E-state index < -0.39 is 5.25 Å². The molecule has 32 heavy (non-hydrogen) atoms. The third-order valence-corrected chi connectivity index (χ3v) is 6.11. The van der Waals surface area contributed by atoms with Gasteiger partial charge in [-0.1, -0.05) is 30.0 Å². The molecule has 0 bridgehead atoms. The summed E-state index contributed by atoms with van der Waals surface area (Å²) in [5, 5.41) is 16.0. The summed E-state index contributed by atoms with van der Waals surface area (Å²) >= 11 is 3.55. The van der Waals surface area contributed by atoms with Gasteiger partial charge < -0.3 is 9.88 Å². The summed E-state index contributed by atoms with van der Waals surface area (Å²) in [5.41, 5.74) is 4.17. The van der Waals surface area contributed by atoms with E-state index in [0.717, 1.165) is 15.1 Å². The van der Waals surface area contributed by atoms with Crippen LogP contribution >= 0.6 is 34.4 Å². The third kappa shape index (κ3) is 6.89. The van der Waals surface area contributed by atoms with Gasteiger partial charge in [0.25, 0.3) is 5.91 Å². The molecule has 3 aromatic rings. The van der Waals surface area contributed by atoms with Crippen LogP contribution in [0.5, 0.6) is 0 Å². The second-order valence-electron chi connectivity index (χ2n) is 6.70. The molecule has 0 fully saturated rings. The predicted molar refractivity (Wildman–Crippen MR) is 134 cm³/mol. The van der Waals surface area contributed by atoms with E-state index in [9.17, 15) is 9.18 Å². The quantitative estimate of drug-likeness (QED) is 0.125. The Morgan fingerprint density at radius 2 is 1.97 bits per heavy atom. The zero-order valence-electron chi connectivity index (χ0n) is 17.3. The Labute approximate surface area is 203 Å². The Kier molecular flexibility index (Phi) is 8.80. The zero-order valence-corrected chi connectivity index (χ0v) is 20.3. The highest BCUT2D eigenvalue weighted by atomic mass is 127. The van der Waals surface area contributed by atoms with E-state index in [1.807, 2.05) is 28.8 Å². The van der Waals surface area contributed by atoms with Crippen molar-refractivity contribution < 1.29 is 9.18 Å². The minimum Gasteiger partial charge on any atom is -0.378 e. The lowest BCUT2D eigenvalue weighted by molar-refractivity contribution is -0.120. The molecule has 0 spiro atoms. The van der Waals surface area contributed by atoms with Gasteiger partial charge in [-0.05, 0) is 71.5 Å². The van der Waals surface area contributed by atoms with Crippen LogP contribution in [0.15, 0.2) is 71.4 Å². The number of rotatable bonds is 10. The third-order valence-electron chi connectivity index (χ3n) is 4.31. The fraction of sp³-hybridized carbons (Fsp3) is 0.182. The fourth-order valence-corrected chi connectivity index (χ4v) is 3.85. The molecule has 1 amide bonds. The number of thioether (sulfide) groups is 1. The van der Waals surface area contributed by atoms with Crippen molar-refractivity contribution in [2.75, 3.05) is 5.32 Å². The Morgan fingerprint density at radius 3 is 2.66 bits per heavy atom. The van der Waals surface area contributed by atoms with E-state index in [1.54, 1.807) is 25.1 Å². The lowest BCUT2D eigenvalue weighted by Crippen LogP contribution is -2.27. The Morgan fingerprint density at radius 1 is 1.25 bits per heavy atom. The van der Waals surface area contributed by atoms with Crippen molar-refractivity contribution in [1.29, 1.82) is 0 Å². The Balaban J connectivity index is 1.59. The number of aromatic nitrogens is 3. The first-order chi connectivity index (χ1) is 15.5. The van der Waals surface area contributed by atoms with E-state index >= 15 is 0 Å². The first kappa shape index (κ1) is 23.9. The minimum atomic E-state index is -0.454. The number of carbonyl (C=O) groups is 1. The first-order valence-corrected chi connectivity index (χ1v) is 11.7. The first-order valence-electron chi connectivity index (χ1n) is 9.74. The van der Waals surface area contributed by atoms with Crippen LogP contribution in [-0.2, 0) is 17.9 Å². The van der Waals surface area contributed by atoms with Crippen molar-refractivity contribution in [1.82, 2.24) is 20.2 Å². The average Bonchev–Trinajstić information content (AvgIpc) is 3.16. The topological polar surface area (TPSA) is 84.2 Å². The molecule has 2 aromatic carbocycles. The number of hydrazone groups is 1. The average molecular weight is 564 g/mol. The lowest BCUT2D eigenvalue weighted by Gasteiger charge is -2.12. The van der Waals surface area contributed by atoms with E-state index in [4.69, 9.17) is 0 Å². The molecule has 0 aliphatic carbocycles. The van der Waals surface area contributed by atoms with Gasteiger partial charge in [0.1, 0.15) is 5.82 Å². The SMILES string of the molecule is C=CCn1c(CNc2ccc(I)cc2)nnc1S[C@H](C)C(=O)NN=Cc1ccc(F)cc1. The van der Waals surface area contributed by atoms with Gasteiger partial charge in [0.15, 0.2) is 11.0 Å². The monoisotopic (exact) mass is 564 g/mol. The van der Waals surface area contributed by atoms with E-state index in [2.05, 4.69) is 55.2 Å². The number of nitrogens with zero attached hydrogens (tertiary/aromatic N) is 4. The number of hydrogen-bond acceptors (Lipinski definition) is 6. The highest BCUT2D eigenvalue weighted by Crippen LogP contribution is 2.23. The lowest BCUT2D eigenvalue weighted by atomic mass is 10.2. The molecule has 7 nitrogen and oxygen atoms in total. The van der Waals surface area contributed by atoms with Crippen LogP contribution in [0.25, 0.3) is 0 Å². The van der Waals surface area contributed by atoms with Gasteiger partial charge in [0.2, 0.25) is 0 Å². The van der Waals surface area contributed by atoms with Crippen LogP contribution in [0.2, 0.25) is 0 Å². The molecular formula is C22H22FIN6OS. The number of halogens is 2. The normalized spacial score (nSPS) is 12.0. The minimum absolute atomic E-state index is 0.278. The van der Waals surface area contributed by atoms with Crippen LogP contribution in [0, 0.1) is 9.39 Å². The molecule has 0 saturated carbocycles. The molecule has 0 aliphatic heterocycles. The molecule has 1 heterocycles. The maximum Gasteiger partial charge on any atom is 0.253 e. The second kappa shape index (κ2) is 11.8. The van der Waals surface area contributed by atoms with Gasteiger partial charge >= 0.3 is 0 Å². The van der Waals surface area contributed by atoms with Crippen LogP contribution in [0.4, 0.5) is 10.1 Å². The number of hydrogen-bond donors (Lipinski definition) is 2. The van der Waals surface area contributed by atoms with Gasteiger partial charge in [0, 0.05) is 15.8 Å². The van der Waals surface area contributed by atoms with Crippen molar-refractivity contribution in [3.63, 3.8) is 0 Å². The largest absolute Gasteiger partial charge is 0.378 e. The summed E-state index contributed by atoms with van der Waals surface area (Å²) in [6, 6.07) is 13.9. The van der Waals surface area contributed by atoms with E-state index in [0.29, 0.717) is 23.8 Å². The molecule has 0 unspecified atom stereocenters. The molecule has 0 saturated heterocycles. The number of carbonyl (C=O) groups excluding carboxylic acids is 1. The number of allylic oxidation sites excluding steroid dienone is 1. The number of nitrogens with one attached hydrogen (secondary N) is 2. The molecule has 0 aliphatic rings. The van der Waals surface area contributed by atoms with Crippen LogP contribution < -0.4 is 10.7 Å². The molecule has 10 heteroatoms. The molecule has 0 radical (unpaired) electrons. The summed E-state index contributed by atoms with van der Waals surface area (Å²) in [6.45, 7) is 6.59. The molecule has 1 aromatic heterocycles. The highest BCUT2D eigenvalue weighted by molar-refractivity contribution is 14.1. The van der Waals surface area contributed by atoms with Gasteiger partial charge in [-0.3, -0.25) is 4.79 Å². The van der Waals surface area contributed by atoms with Gasteiger partial charge in [-0.2, -0.15) is 5.10 Å². The molecule has 166 valence electrons. The van der Waals surface area contributed by atoms with Crippen molar-refractivity contribution in [3.05, 3.63) is 82.0 Å². The number of benzene rings is 2. The molecule has 3 rings (SSSR count). The van der Waals surface area contributed by atoms with Crippen LogP contribution in [-0.4, -0.2) is 32.1 Å². The Hall–Kier alpha value is -2.73. The zero-order chi connectivity index (χ0) is 22.9. The van der Waals surface area contributed by atoms with Crippen LogP contribution in [0.1, 0.15) is 18.3 Å². The van der Waals surface area contributed by atoms with Crippen molar-refractivity contribution in [2.24, 2.45) is 5.10 Å². The van der Waals surface area contributed by atoms with Crippen molar-refractivity contribution in [3.8, 4) is 0 Å². The van der Waals surface area contributed by atoms with Gasteiger partial charge in [-0.15, -0.1) is 16.8 Å². The van der Waals surface area contributed by atoms with Gasteiger partial charge in [-0.25, -0.2) is 9.82 Å². The predicted octanol–water partition coefficient (Wildman–Crippen LogP) is 4.45. The molecule has 1 atom stereocenters. The number of anilines is 1. The van der Waals surface area contributed by atoms with E-state index in [1.165, 1.54) is 30.1 Å². The summed E-state index contributed by atoms with van der Waals surface area (Å²) in [7, 11) is 0. The highest BCUT2D eigenvalue weighted by Gasteiger charge is 2.19. The summed E-state index contributed by atoms with van der Waals surface area (Å²) in [5.74, 6) is 0.140. The van der Waals surface area contributed by atoms with E-state index in [-0.39, 0.29) is 11.7 Å². The molecule has 2 N–H and O–H groups in total.